The van der Waals surface area contributed by atoms with Crippen molar-refractivity contribution in [1.29, 1.82) is 0 Å². The van der Waals surface area contributed by atoms with Crippen molar-refractivity contribution < 1.29 is 23.9 Å². The molecule has 0 saturated heterocycles. The predicted molar refractivity (Wildman–Crippen MR) is 215 cm³/mol. The minimum absolute atomic E-state index is 0.105. The molecule has 8 heteroatoms. The van der Waals surface area contributed by atoms with Crippen molar-refractivity contribution in [1.82, 2.24) is 9.80 Å². The maximum Gasteiger partial charge on any atom is 0.306 e. The molecule has 0 unspecified atom stereocenters. The molecule has 0 aromatic heterocycles. The van der Waals surface area contributed by atoms with E-state index in [9.17, 15) is 14.4 Å². The van der Waals surface area contributed by atoms with Crippen LogP contribution < -0.4 is 0 Å². The number of unbranched alkanes of at least 4 members (excludes halogenated alkanes) is 17. The lowest BCUT2D eigenvalue weighted by Crippen LogP contribution is -2.30. The molecular formula is C42H78N2O5S. The van der Waals surface area contributed by atoms with E-state index >= 15 is 0 Å². The molecule has 0 aliphatic carbocycles. The van der Waals surface area contributed by atoms with Crippen LogP contribution in [0.4, 0.5) is 4.79 Å². The van der Waals surface area contributed by atoms with Gasteiger partial charge in [-0.25, -0.2) is 0 Å². The van der Waals surface area contributed by atoms with Gasteiger partial charge in [0.2, 0.25) is 0 Å². The normalized spacial score (nSPS) is 11.6. The molecular weight excluding hydrogens is 645 g/mol. The van der Waals surface area contributed by atoms with Crippen LogP contribution in [-0.4, -0.2) is 79.2 Å². The number of nitrogens with zero attached hydrogens (tertiary/aromatic N) is 2. The van der Waals surface area contributed by atoms with E-state index in [2.05, 4.69) is 49.8 Å². The molecule has 0 spiro atoms. The van der Waals surface area contributed by atoms with E-state index in [0.717, 1.165) is 122 Å². The molecule has 0 fully saturated rings. The quantitative estimate of drug-likeness (QED) is 0.0362. The Morgan fingerprint density at radius 1 is 0.520 bits per heavy atom. The van der Waals surface area contributed by atoms with Crippen LogP contribution in [0.1, 0.15) is 175 Å². The van der Waals surface area contributed by atoms with Crippen molar-refractivity contribution in [2.75, 3.05) is 52.2 Å². The number of hydrogen-bond acceptors (Lipinski definition) is 7. The van der Waals surface area contributed by atoms with Gasteiger partial charge in [-0.15, -0.1) is 0 Å². The van der Waals surface area contributed by atoms with E-state index in [4.69, 9.17) is 9.47 Å². The first-order chi connectivity index (χ1) is 24.4. The number of carbonyl (C=O) groups is 3. The number of rotatable bonds is 36. The van der Waals surface area contributed by atoms with E-state index < -0.39 is 0 Å². The third kappa shape index (κ3) is 34.6. The van der Waals surface area contributed by atoms with Gasteiger partial charge in [-0.3, -0.25) is 14.4 Å². The average molecular weight is 723 g/mol. The molecule has 0 bridgehead atoms. The predicted octanol–water partition coefficient (Wildman–Crippen LogP) is 11.7. The number of esters is 2. The van der Waals surface area contributed by atoms with Gasteiger partial charge in [0.05, 0.1) is 0 Å². The Bertz CT molecular complexity index is 798. The van der Waals surface area contributed by atoms with Gasteiger partial charge < -0.3 is 19.3 Å². The lowest BCUT2D eigenvalue weighted by atomic mass is 10.1. The van der Waals surface area contributed by atoms with Crippen molar-refractivity contribution in [3.05, 3.63) is 24.3 Å². The summed E-state index contributed by atoms with van der Waals surface area (Å²) in [5.41, 5.74) is 0. The molecule has 1 amide bonds. The highest BCUT2D eigenvalue weighted by Crippen LogP contribution is 2.16. The molecule has 7 nitrogen and oxygen atoms in total. The van der Waals surface area contributed by atoms with Crippen LogP contribution in [0.2, 0.25) is 0 Å². The second kappa shape index (κ2) is 38.4. The summed E-state index contributed by atoms with van der Waals surface area (Å²) >= 11 is 1.48. The number of amides is 1. The first-order valence-electron chi connectivity index (χ1n) is 20.7. The Morgan fingerprint density at radius 2 is 0.960 bits per heavy atom. The van der Waals surface area contributed by atoms with Crippen LogP contribution in [-0.2, 0) is 19.1 Å². The van der Waals surface area contributed by atoms with Gasteiger partial charge in [0.15, 0.2) is 0 Å². The van der Waals surface area contributed by atoms with E-state index in [-0.39, 0.29) is 17.2 Å². The third-order valence-electron chi connectivity index (χ3n) is 9.04. The third-order valence-corrected chi connectivity index (χ3v) is 10.0. The van der Waals surface area contributed by atoms with E-state index in [1.54, 1.807) is 0 Å². The summed E-state index contributed by atoms with van der Waals surface area (Å²) in [6.07, 6.45) is 33.5. The zero-order valence-corrected chi connectivity index (χ0v) is 33.9. The van der Waals surface area contributed by atoms with Crippen molar-refractivity contribution in [3.63, 3.8) is 0 Å². The molecule has 292 valence electrons. The molecule has 0 atom stereocenters. The summed E-state index contributed by atoms with van der Waals surface area (Å²) in [4.78, 5) is 41.5. The fourth-order valence-corrected chi connectivity index (χ4v) is 6.46. The summed E-state index contributed by atoms with van der Waals surface area (Å²) in [6, 6.07) is 0. The topological polar surface area (TPSA) is 76.1 Å². The van der Waals surface area contributed by atoms with Crippen LogP contribution in [0, 0.1) is 0 Å². The minimum Gasteiger partial charge on any atom is -0.461 e. The zero-order valence-electron chi connectivity index (χ0n) is 33.1. The molecule has 0 rings (SSSR count). The summed E-state index contributed by atoms with van der Waals surface area (Å²) in [6.45, 7) is 11.1. The minimum atomic E-state index is -0.105. The summed E-state index contributed by atoms with van der Waals surface area (Å²) < 4.78 is 10.7. The highest BCUT2D eigenvalue weighted by atomic mass is 32.2. The SMILES string of the molecule is CCCCCC/C=C\COC(=O)CCCCCCCN(CCCCCCCC(=O)OC/C=C\CCCCCC)C(=O)SCCCCN(C)CC. The second-order valence-electron chi connectivity index (χ2n) is 13.7. The van der Waals surface area contributed by atoms with E-state index in [0.29, 0.717) is 26.1 Å². The van der Waals surface area contributed by atoms with Gasteiger partial charge in [-0.1, -0.05) is 134 Å². The lowest BCUT2D eigenvalue weighted by Gasteiger charge is -2.22. The molecule has 0 radical (unpaired) electrons. The fraction of sp³-hybridized carbons (Fsp3) is 0.833. The van der Waals surface area contributed by atoms with Gasteiger partial charge in [0.1, 0.15) is 13.2 Å². The largest absolute Gasteiger partial charge is 0.461 e. The van der Waals surface area contributed by atoms with Crippen molar-refractivity contribution in [2.45, 2.75) is 175 Å². The fourth-order valence-electron chi connectivity index (χ4n) is 5.57. The van der Waals surface area contributed by atoms with Crippen LogP contribution in [0.3, 0.4) is 0 Å². The lowest BCUT2D eigenvalue weighted by molar-refractivity contribution is -0.143. The van der Waals surface area contributed by atoms with E-state index in [1.807, 2.05) is 12.2 Å². The number of allylic oxidation sites excluding steroid dienone is 2. The van der Waals surface area contributed by atoms with Crippen molar-refractivity contribution >= 4 is 28.9 Å². The maximum atomic E-state index is 13.1. The first-order valence-corrected chi connectivity index (χ1v) is 21.6. The van der Waals surface area contributed by atoms with E-state index in [1.165, 1.54) is 63.1 Å². The van der Waals surface area contributed by atoms with Crippen LogP contribution >= 0.6 is 11.8 Å². The van der Waals surface area contributed by atoms with Crippen molar-refractivity contribution in [3.8, 4) is 0 Å². The highest BCUT2D eigenvalue weighted by molar-refractivity contribution is 8.13. The molecule has 0 saturated carbocycles. The Morgan fingerprint density at radius 3 is 1.44 bits per heavy atom. The van der Waals surface area contributed by atoms with Crippen LogP contribution in [0.15, 0.2) is 24.3 Å². The molecule has 0 aliphatic heterocycles. The maximum absolute atomic E-state index is 13.1. The average Bonchev–Trinajstić information content (AvgIpc) is 3.11. The molecule has 50 heavy (non-hydrogen) atoms. The standard InChI is InChI=1S/C42H78N2O5S/c1-5-8-10-12-14-22-29-37-48-40(45)32-24-18-16-20-26-35-44(42(47)50-39-31-28-34-43(4)7-3)36-27-21-17-19-25-33-41(46)49-38-30-23-15-13-11-9-6-2/h22-23,29-30H,5-21,24-28,31-39H2,1-4H3/b29-22-,30-23-. The molecule has 0 heterocycles. The molecule has 0 aromatic rings. The Hall–Kier alpha value is -1.80. The Labute approximate surface area is 313 Å². The summed E-state index contributed by atoms with van der Waals surface area (Å²) in [7, 11) is 2.14. The smallest absolute Gasteiger partial charge is 0.306 e. The Kier molecular flexibility index (Phi) is 37.0. The summed E-state index contributed by atoms with van der Waals surface area (Å²) in [5.74, 6) is 0.668. The van der Waals surface area contributed by atoms with Crippen LogP contribution in [0.25, 0.3) is 0 Å². The highest BCUT2D eigenvalue weighted by Gasteiger charge is 2.14. The molecule has 0 N–H and O–H groups in total. The number of carbonyl (C=O) groups excluding carboxylic acids is 3. The van der Waals surface area contributed by atoms with Gasteiger partial charge >= 0.3 is 11.9 Å². The van der Waals surface area contributed by atoms with Crippen LogP contribution in [0.5, 0.6) is 0 Å². The van der Waals surface area contributed by atoms with Gasteiger partial charge in [-0.2, -0.15) is 0 Å². The Balaban J connectivity index is 4.22. The number of thioether (sulfide) groups is 1. The van der Waals surface area contributed by atoms with Crippen molar-refractivity contribution in [2.24, 2.45) is 0 Å². The molecule has 0 aliphatic rings. The first kappa shape index (κ1) is 48.2. The van der Waals surface area contributed by atoms with Gasteiger partial charge in [-0.05, 0) is 84.3 Å². The van der Waals surface area contributed by atoms with Gasteiger partial charge in [0, 0.05) is 31.7 Å². The number of ether oxygens (including phenoxy) is 2. The molecule has 0 aromatic carbocycles. The summed E-state index contributed by atoms with van der Waals surface area (Å²) in [5, 5.41) is 0.212. The zero-order chi connectivity index (χ0) is 36.8. The monoisotopic (exact) mass is 723 g/mol. The number of hydrogen-bond donors (Lipinski definition) is 0. The second-order valence-corrected chi connectivity index (χ2v) is 14.8. The van der Waals surface area contributed by atoms with Gasteiger partial charge in [0.25, 0.3) is 5.24 Å².